The van der Waals surface area contributed by atoms with Gasteiger partial charge in [-0.2, -0.15) is 0 Å². The van der Waals surface area contributed by atoms with Gasteiger partial charge in [-0.25, -0.2) is 0 Å². The van der Waals surface area contributed by atoms with E-state index in [-0.39, 0.29) is 18.5 Å². The molecular formula is C42H70O4. The SMILES string of the molecule is CC/C=C\C/C=C\C/C=C\C/C=C\CCCCCCCCC(=O)OC(/C=C\C/C=C\CCCCC)CCCCCCCCC(=O)O. The fraction of sp³-hybridized carbons (Fsp3) is 0.667. The number of carbonyl (C=O) groups is 2. The maximum absolute atomic E-state index is 12.6. The van der Waals surface area contributed by atoms with Crippen LogP contribution >= 0.6 is 0 Å². The number of hydrogen-bond acceptors (Lipinski definition) is 3. The van der Waals surface area contributed by atoms with Crippen molar-refractivity contribution in [3.8, 4) is 0 Å². The van der Waals surface area contributed by atoms with Crippen molar-refractivity contribution >= 4 is 11.9 Å². The summed E-state index contributed by atoms with van der Waals surface area (Å²) in [6, 6.07) is 0. The van der Waals surface area contributed by atoms with Gasteiger partial charge < -0.3 is 9.84 Å². The van der Waals surface area contributed by atoms with Crippen LogP contribution in [0.25, 0.3) is 0 Å². The minimum absolute atomic E-state index is 0.0715. The van der Waals surface area contributed by atoms with Gasteiger partial charge in [-0.3, -0.25) is 9.59 Å². The summed E-state index contributed by atoms with van der Waals surface area (Å²) in [5, 5.41) is 8.76. The molecule has 0 bridgehead atoms. The number of unbranched alkanes of at least 4 members (excludes halogenated alkanes) is 14. The number of carboxylic acids is 1. The molecule has 0 aromatic rings. The molecule has 4 heteroatoms. The third kappa shape index (κ3) is 35.9. The lowest BCUT2D eigenvalue weighted by Gasteiger charge is -2.14. The Morgan fingerprint density at radius 1 is 0.522 bits per heavy atom. The van der Waals surface area contributed by atoms with Crippen LogP contribution in [-0.2, 0) is 14.3 Å². The van der Waals surface area contributed by atoms with E-state index in [2.05, 4.69) is 86.8 Å². The van der Waals surface area contributed by atoms with E-state index in [0.29, 0.717) is 6.42 Å². The van der Waals surface area contributed by atoms with Gasteiger partial charge in [0.15, 0.2) is 0 Å². The quantitative estimate of drug-likeness (QED) is 0.0441. The minimum Gasteiger partial charge on any atom is -0.481 e. The van der Waals surface area contributed by atoms with Gasteiger partial charge >= 0.3 is 11.9 Å². The Kier molecular flexibility index (Phi) is 34.7. The molecule has 4 nitrogen and oxygen atoms in total. The largest absolute Gasteiger partial charge is 0.481 e. The van der Waals surface area contributed by atoms with Crippen molar-refractivity contribution < 1.29 is 19.4 Å². The zero-order valence-corrected chi connectivity index (χ0v) is 29.9. The zero-order valence-electron chi connectivity index (χ0n) is 29.9. The van der Waals surface area contributed by atoms with E-state index >= 15 is 0 Å². The van der Waals surface area contributed by atoms with Crippen LogP contribution in [-0.4, -0.2) is 23.1 Å². The van der Waals surface area contributed by atoms with Gasteiger partial charge in [0.2, 0.25) is 0 Å². The normalized spacial score (nSPS) is 13.1. The predicted molar refractivity (Wildman–Crippen MR) is 199 cm³/mol. The molecule has 0 heterocycles. The minimum atomic E-state index is -0.708. The van der Waals surface area contributed by atoms with Crippen LogP contribution in [0.3, 0.4) is 0 Å². The molecule has 0 aliphatic carbocycles. The van der Waals surface area contributed by atoms with Gasteiger partial charge in [-0.05, 0) is 89.5 Å². The van der Waals surface area contributed by atoms with Gasteiger partial charge in [-0.15, -0.1) is 0 Å². The number of rotatable bonds is 33. The van der Waals surface area contributed by atoms with Crippen molar-refractivity contribution in [3.05, 3.63) is 72.9 Å². The van der Waals surface area contributed by atoms with Crippen molar-refractivity contribution in [2.75, 3.05) is 0 Å². The highest BCUT2D eigenvalue weighted by atomic mass is 16.5. The second kappa shape index (κ2) is 36.8. The lowest BCUT2D eigenvalue weighted by atomic mass is 10.1. The maximum atomic E-state index is 12.6. The Balaban J connectivity index is 4.09. The van der Waals surface area contributed by atoms with Gasteiger partial charge in [0.05, 0.1) is 0 Å². The molecule has 0 amide bonds. The Morgan fingerprint density at radius 2 is 0.978 bits per heavy atom. The van der Waals surface area contributed by atoms with Gasteiger partial charge in [0, 0.05) is 12.8 Å². The number of ether oxygens (including phenoxy) is 1. The van der Waals surface area contributed by atoms with E-state index in [1.165, 1.54) is 44.9 Å². The van der Waals surface area contributed by atoms with Crippen molar-refractivity contribution in [2.45, 2.75) is 180 Å². The van der Waals surface area contributed by atoms with Crippen LogP contribution in [0.4, 0.5) is 0 Å². The molecule has 262 valence electrons. The number of carbonyl (C=O) groups excluding carboxylic acids is 1. The van der Waals surface area contributed by atoms with Crippen molar-refractivity contribution in [3.63, 3.8) is 0 Å². The van der Waals surface area contributed by atoms with E-state index in [1.807, 2.05) is 0 Å². The molecule has 0 aliphatic rings. The summed E-state index contributed by atoms with van der Waals surface area (Å²) in [6.45, 7) is 4.39. The molecule has 1 atom stereocenters. The average molecular weight is 639 g/mol. The van der Waals surface area contributed by atoms with E-state index in [9.17, 15) is 9.59 Å². The monoisotopic (exact) mass is 639 g/mol. The summed E-state index contributed by atoms with van der Waals surface area (Å²) in [7, 11) is 0. The zero-order chi connectivity index (χ0) is 33.6. The molecule has 0 saturated carbocycles. The summed E-state index contributed by atoms with van der Waals surface area (Å²) in [6.07, 6.45) is 52.2. The van der Waals surface area contributed by atoms with E-state index < -0.39 is 5.97 Å². The summed E-state index contributed by atoms with van der Waals surface area (Å²) >= 11 is 0. The molecular weight excluding hydrogens is 568 g/mol. The van der Waals surface area contributed by atoms with Crippen LogP contribution in [0.1, 0.15) is 174 Å². The first-order chi connectivity index (χ1) is 22.6. The second-order valence-electron chi connectivity index (χ2n) is 12.4. The molecule has 0 saturated heterocycles. The topological polar surface area (TPSA) is 63.6 Å². The summed E-state index contributed by atoms with van der Waals surface area (Å²) in [5.74, 6) is -0.779. The molecule has 0 rings (SSSR count). The van der Waals surface area contributed by atoms with Crippen molar-refractivity contribution in [1.82, 2.24) is 0 Å². The lowest BCUT2D eigenvalue weighted by molar-refractivity contribution is -0.147. The smallest absolute Gasteiger partial charge is 0.306 e. The second-order valence-corrected chi connectivity index (χ2v) is 12.4. The maximum Gasteiger partial charge on any atom is 0.306 e. The molecule has 0 aromatic heterocycles. The van der Waals surface area contributed by atoms with Crippen LogP contribution in [0.2, 0.25) is 0 Å². The van der Waals surface area contributed by atoms with Crippen LogP contribution in [0.5, 0.6) is 0 Å². The fourth-order valence-electron chi connectivity index (χ4n) is 5.12. The molecule has 0 aromatic carbocycles. The fourth-order valence-corrected chi connectivity index (χ4v) is 5.12. The third-order valence-electron chi connectivity index (χ3n) is 7.90. The number of carboxylic acid groups (broad SMARTS) is 1. The molecule has 0 fully saturated rings. The molecule has 1 N–H and O–H groups in total. The van der Waals surface area contributed by atoms with E-state index in [4.69, 9.17) is 9.84 Å². The first-order valence-electron chi connectivity index (χ1n) is 18.9. The Morgan fingerprint density at radius 3 is 1.54 bits per heavy atom. The average Bonchev–Trinajstić information content (AvgIpc) is 3.04. The van der Waals surface area contributed by atoms with Gasteiger partial charge in [0.1, 0.15) is 6.10 Å². The summed E-state index contributed by atoms with van der Waals surface area (Å²) < 4.78 is 5.89. The first-order valence-corrected chi connectivity index (χ1v) is 18.9. The number of allylic oxidation sites excluding steroid dienone is 11. The molecule has 0 spiro atoms. The van der Waals surface area contributed by atoms with Gasteiger partial charge in [0.25, 0.3) is 0 Å². The highest BCUT2D eigenvalue weighted by molar-refractivity contribution is 5.69. The number of esters is 1. The van der Waals surface area contributed by atoms with Gasteiger partial charge in [-0.1, -0.05) is 145 Å². The van der Waals surface area contributed by atoms with E-state index in [1.54, 1.807) is 0 Å². The number of aliphatic carboxylic acids is 1. The highest BCUT2D eigenvalue weighted by Gasteiger charge is 2.11. The molecule has 46 heavy (non-hydrogen) atoms. The van der Waals surface area contributed by atoms with Crippen LogP contribution in [0.15, 0.2) is 72.9 Å². The standard InChI is InChI=1S/C42H70O4/c1-3-5-7-9-11-13-14-15-16-17-18-19-20-21-22-23-25-31-35-39-42(45)46-40(36-32-28-24-12-10-8-6-4-2)37-33-29-26-27-30-34-38-41(43)44/h5,7,11-13,15-16,18-19,24,32,36,40H,3-4,6,8-10,14,17,20-23,25-31,33-35,37-39H2,1-2H3,(H,43,44)/b7-5-,13-11-,16-15-,19-18-,24-12-,36-32-. The molecule has 1 unspecified atom stereocenters. The lowest BCUT2D eigenvalue weighted by Crippen LogP contribution is -2.16. The van der Waals surface area contributed by atoms with E-state index in [0.717, 1.165) is 103 Å². The van der Waals surface area contributed by atoms with Crippen LogP contribution < -0.4 is 0 Å². The highest BCUT2D eigenvalue weighted by Crippen LogP contribution is 2.15. The van der Waals surface area contributed by atoms with Crippen LogP contribution in [0, 0.1) is 0 Å². The molecule has 0 aliphatic heterocycles. The number of hydrogen-bond donors (Lipinski definition) is 1. The Hall–Kier alpha value is -2.62. The summed E-state index contributed by atoms with van der Waals surface area (Å²) in [4.78, 5) is 23.2. The summed E-state index contributed by atoms with van der Waals surface area (Å²) in [5.41, 5.74) is 0. The first kappa shape index (κ1) is 43.4. The van der Waals surface area contributed by atoms with Crippen molar-refractivity contribution in [1.29, 1.82) is 0 Å². The van der Waals surface area contributed by atoms with Crippen molar-refractivity contribution in [2.24, 2.45) is 0 Å². The Labute approximate surface area is 284 Å². The Bertz CT molecular complexity index is 861. The third-order valence-corrected chi connectivity index (χ3v) is 7.90. The predicted octanol–water partition coefficient (Wildman–Crippen LogP) is 13.1. The molecule has 0 radical (unpaired) electrons.